The van der Waals surface area contributed by atoms with Crippen molar-refractivity contribution in [3.8, 4) is 16.3 Å². The molecule has 0 aliphatic carbocycles. The molecule has 3 heterocycles. The third kappa shape index (κ3) is 3.52. The highest BCUT2D eigenvalue weighted by Gasteiger charge is 2.24. The van der Waals surface area contributed by atoms with Crippen molar-refractivity contribution >= 4 is 23.1 Å². The van der Waals surface area contributed by atoms with Crippen molar-refractivity contribution in [2.45, 2.75) is 0 Å². The lowest BCUT2D eigenvalue weighted by atomic mass is 10.1. The summed E-state index contributed by atoms with van der Waals surface area (Å²) < 4.78 is 18.8. The molecule has 1 aliphatic heterocycles. The zero-order valence-electron chi connectivity index (χ0n) is 14.8. The van der Waals surface area contributed by atoms with Crippen LogP contribution in [0.4, 0.5) is 10.2 Å². The highest BCUT2D eigenvalue weighted by Crippen LogP contribution is 2.26. The summed E-state index contributed by atoms with van der Waals surface area (Å²) in [4.78, 5) is 17.7. The first-order chi connectivity index (χ1) is 13.2. The maximum absolute atomic E-state index is 13.9. The fourth-order valence-electron chi connectivity index (χ4n) is 3.15. The summed E-state index contributed by atoms with van der Waals surface area (Å²) in [6, 6.07) is 10.4. The van der Waals surface area contributed by atoms with E-state index in [9.17, 15) is 9.18 Å². The number of piperazine rings is 1. The van der Waals surface area contributed by atoms with Crippen LogP contribution in [0.15, 0.2) is 41.8 Å². The van der Waals surface area contributed by atoms with Gasteiger partial charge in [0.25, 0.3) is 5.91 Å². The Morgan fingerprint density at radius 1 is 1.22 bits per heavy atom. The highest BCUT2D eigenvalue weighted by atomic mass is 32.1. The monoisotopic (exact) mass is 386 g/mol. The van der Waals surface area contributed by atoms with Gasteiger partial charge in [-0.05, 0) is 29.6 Å². The van der Waals surface area contributed by atoms with E-state index < -0.39 is 5.82 Å². The molecule has 1 amide bonds. The smallest absolute Gasteiger partial charge is 0.254 e. The number of thiophene rings is 1. The number of carbonyl (C=O) groups is 1. The number of halogens is 1. The SMILES string of the molecule is COc1ccc(C(=O)N2CCN(c3cc(-c4cccs4)[nH]n3)CC2)cc1F. The van der Waals surface area contributed by atoms with Crippen LogP contribution < -0.4 is 9.64 Å². The number of hydrogen-bond acceptors (Lipinski definition) is 5. The second-order valence-corrected chi connectivity index (χ2v) is 7.19. The molecule has 2 aromatic heterocycles. The van der Waals surface area contributed by atoms with E-state index >= 15 is 0 Å². The number of amides is 1. The molecule has 0 spiro atoms. The number of ether oxygens (including phenoxy) is 1. The summed E-state index contributed by atoms with van der Waals surface area (Å²) in [5.74, 6) is 0.314. The third-order valence-corrected chi connectivity index (χ3v) is 5.54. The number of nitrogens with zero attached hydrogens (tertiary/aromatic N) is 3. The van der Waals surface area contributed by atoms with E-state index in [1.54, 1.807) is 22.3 Å². The Balaban J connectivity index is 1.40. The quantitative estimate of drug-likeness (QED) is 0.748. The van der Waals surface area contributed by atoms with Crippen LogP contribution in [0.3, 0.4) is 0 Å². The van der Waals surface area contributed by atoms with E-state index in [1.165, 1.54) is 19.2 Å². The van der Waals surface area contributed by atoms with E-state index in [0.717, 1.165) is 16.4 Å². The van der Waals surface area contributed by atoms with Crippen LogP contribution in [0.2, 0.25) is 0 Å². The van der Waals surface area contributed by atoms with Gasteiger partial charge in [-0.1, -0.05) is 6.07 Å². The predicted octanol–water partition coefficient (Wildman–Crippen LogP) is 3.25. The Labute approximate surface area is 160 Å². The average molecular weight is 386 g/mol. The zero-order chi connectivity index (χ0) is 18.8. The number of anilines is 1. The van der Waals surface area contributed by atoms with Gasteiger partial charge in [0.2, 0.25) is 0 Å². The van der Waals surface area contributed by atoms with E-state index in [1.807, 2.05) is 23.6 Å². The van der Waals surface area contributed by atoms with Gasteiger partial charge >= 0.3 is 0 Å². The molecule has 27 heavy (non-hydrogen) atoms. The minimum Gasteiger partial charge on any atom is -0.494 e. The fourth-order valence-corrected chi connectivity index (χ4v) is 3.84. The van der Waals surface area contributed by atoms with Crippen LogP contribution in [-0.4, -0.2) is 54.3 Å². The maximum atomic E-state index is 13.9. The molecule has 3 aromatic rings. The number of nitrogens with one attached hydrogen (secondary N) is 1. The molecule has 6 nitrogen and oxygen atoms in total. The van der Waals surface area contributed by atoms with E-state index in [4.69, 9.17) is 4.74 Å². The van der Waals surface area contributed by atoms with Gasteiger partial charge in [0.05, 0.1) is 17.7 Å². The maximum Gasteiger partial charge on any atom is 0.254 e. The molecule has 140 valence electrons. The molecule has 1 saturated heterocycles. The lowest BCUT2D eigenvalue weighted by Crippen LogP contribution is -2.49. The van der Waals surface area contributed by atoms with Gasteiger partial charge in [-0.2, -0.15) is 5.10 Å². The van der Waals surface area contributed by atoms with Crippen LogP contribution in [0.5, 0.6) is 5.75 Å². The van der Waals surface area contributed by atoms with Crippen LogP contribution in [0.25, 0.3) is 10.6 Å². The predicted molar refractivity (Wildman–Crippen MR) is 103 cm³/mol. The molecule has 1 aliphatic rings. The second-order valence-electron chi connectivity index (χ2n) is 6.25. The molecule has 0 atom stereocenters. The summed E-state index contributed by atoms with van der Waals surface area (Å²) in [6.07, 6.45) is 0. The Morgan fingerprint density at radius 3 is 2.70 bits per heavy atom. The first kappa shape index (κ1) is 17.5. The summed E-state index contributed by atoms with van der Waals surface area (Å²) in [6.45, 7) is 2.49. The second kappa shape index (κ2) is 7.40. The molecule has 4 rings (SSSR count). The Hall–Kier alpha value is -2.87. The number of methoxy groups -OCH3 is 1. The number of H-pyrrole nitrogens is 1. The van der Waals surface area contributed by atoms with Gasteiger partial charge in [0.15, 0.2) is 17.4 Å². The van der Waals surface area contributed by atoms with Crippen LogP contribution in [0, 0.1) is 5.82 Å². The molecule has 1 aromatic carbocycles. The number of aromatic amines is 1. The number of carbonyl (C=O) groups excluding carboxylic acids is 1. The van der Waals surface area contributed by atoms with Crippen molar-refractivity contribution in [2.75, 3.05) is 38.2 Å². The summed E-state index contributed by atoms with van der Waals surface area (Å²) in [7, 11) is 1.40. The Morgan fingerprint density at radius 2 is 2.04 bits per heavy atom. The molecule has 0 saturated carbocycles. The van der Waals surface area contributed by atoms with Crippen LogP contribution in [0.1, 0.15) is 10.4 Å². The van der Waals surface area contributed by atoms with Gasteiger partial charge in [-0.3, -0.25) is 9.89 Å². The minimum absolute atomic E-state index is 0.136. The molecular formula is C19H19FN4O2S. The Kier molecular flexibility index (Phi) is 4.81. The standard InChI is InChI=1S/C19H19FN4O2S/c1-26-16-5-4-13(11-14(16)20)19(25)24-8-6-23(7-9-24)18-12-15(21-22-18)17-3-2-10-27-17/h2-5,10-12H,6-9H2,1H3,(H,21,22). The van der Waals surface area contributed by atoms with Gasteiger partial charge in [-0.15, -0.1) is 11.3 Å². The lowest BCUT2D eigenvalue weighted by molar-refractivity contribution is 0.0746. The van der Waals surface area contributed by atoms with Gasteiger partial charge in [0, 0.05) is 37.8 Å². The number of benzene rings is 1. The molecule has 1 fully saturated rings. The number of aromatic nitrogens is 2. The van der Waals surface area contributed by atoms with Crippen LogP contribution in [-0.2, 0) is 0 Å². The molecular weight excluding hydrogens is 367 g/mol. The molecule has 0 unspecified atom stereocenters. The fraction of sp³-hybridized carbons (Fsp3) is 0.263. The third-order valence-electron chi connectivity index (χ3n) is 4.64. The van der Waals surface area contributed by atoms with Crippen LogP contribution >= 0.6 is 11.3 Å². The summed E-state index contributed by atoms with van der Waals surface area (Å²) in [5, 5.41) is 9.49. The van der Waals surface area contributed by atoms with Crippen molar-refractivity contribution in [3.05, 3.63) is 53.2 Å². The average Bonchev–Trinajstić information content (AvgIpc) is 3.39. The first-order valence-corrected chi connectivity index (χ1v) is 9.51. The molecule has 0 bridgehead atoms. The van der Waals surface area contributed by atoms with Crippen molar-refractivity contribution in [1.29, 1.82) is 0 Å². The highest BCUT2D eigenvalue weighted by molar-refractivity contribution is 7.13. The molecule has 0 radical (unpaired) electrons. The first-order valence-electron chi connectivity index (χ1n) is 8.63. The van der Waals surface area contributed by atoms with E-state index in [0.29, 0.717) is 31.7 Å². The van der Waals surface area contributed by atoms with Crippen molar-refractivity contribution in [2.24, 2.45) is 0 Å². The van der Waals surface area contributed by atoms with Gasteiger partial charge < -0.3 is 14.5 Å². The topological polar surface area (TPSA) is 61.5 Å². The minimum atomic E-state index is -0.528. The van der Waals surface area contributed by atoms with Crippen molar-refractivity contribution in [3.63, 3.8) is 0 Å². The normalized spacial score (nSPS) is 14.4. The molecule has 1 N–H and O–H groups in total. The van der Waals surface area contributed by atoms with Gasteiger partial charge in [-0.25, -0.2) is 4.39 Å². The Bertz CT molecular complexity index is 933. The van der Waals surface area contributed by atoms with E-state index in [-0.39, 0.29) is 11.7 Å². The van der Waals surface area contributed by atoms with Gasteiger partial charge in [0.1, 0.15) is 0 Å². The lowest BCUT2D eigenvalue weighted by Gasteiger charge is -2.34. The van der Waals surface area contributed by atoms with Crippen molar-refractivity contribution in [1.82, 2.24) is 15.1 Å². The number of hydrogen-bond donors (Lipinski definition) is 1. The zero-order valence-corrected chi connectivity index (χ0v) is 15.6. The summed E-state index contributed by atoms with van der Waals surface area (Å²) in [5.41, 5.74) is 1.33. The molecule has 8 heteroatoms. The van der Waals surface area contributed by atoms with Crippen molar-refractivity contribution < 1.29 is 13.9 Å². The largest absolute Gasteiger partial charge is 0.494 e. The summed E-state index contributed by atoms with van der Waals surface area (Å²) >= 11 is 1.66. The number of rotatable bonds is 4. The van der Waals surface area contributed by atoms with E-state index in [2.05, 4.69) is 15.1 Å².